The lowest BCUT2D eigenvalue weighted by molar-refractivity contribution is -0.116. The van der Waals surface area contributed by atoms with Gasteiger partial charge in [-0.05, 0) is 37.1 Å². The molecule has 3 aromatic rings. The molecule has 1 amide bonds. The molecule has 134 valence electrons. The molecule has 6 nitrogen and oxygen atoms in total. The fraction of sp³-hybridized carbons (Fsp3) is 0.350. The summed E-state index contributed by atoms with van der Waals surface area (Å²) in [7, 11) is 0. The first-order valence-corrected chi connectivity index (χ1v) is 9.12. The highest BCUT2D eigenvalue weighted by atomic mass is 16.2. The molecular formula is C20H22N4O2. The number of amides is 1. The number of benzene rings is 1. The Bertz CT molecular complexity index is 983. The minimum absolute atomic E-state index is 0.00573. The third kappa shape index (κ3) is 3.40. The van der Waals surface area contributed by atoms with E-state index in [1.807, 2.05) is 24.5 Å². The van der Waals surface area contributed by atoms with Crippen molar-refractivity contribution in [3.05, 3.63) is 59.3 Å². The quantitative estimate of drug-likeness (QED) is 0.784. The monoisotopic (exact) mass is 350 g/mol. The van der Waals surface area contributed by atoms with Crippen molar-refractivity contribution >= 4 is 22.6 Å². The van der Waals surface area contributed by atoms with Crippen LogP contribution in [0, 0.1) is 0 Å². The first kappa shape index (κ1) is 16.6. The maximum atomic E-state index is 12.2. The van der Waals surface area contributed by atoms with Crippen LogP contribution in [0.4, 0.5) is 5.69 Å². The number of fused-ring (bicyclic) bond motifs is 1. The summed E-state index contributed by atoms with van der Waals surface area (Å²) in [5.41, 5.74) is 2.49. The lowest BCUT2D eigenvalue weighted by Gasteiger charge is -2.23. The topological polar surface area (TPSA) is 68.9 Å². The van der Waals surface area contributed by atoms with Gasteiger partial charge in [0.15, 0.2) is 0 Å². The van der Waals surface area contributed by atoms with Crippen LogP contribution in [0.2, 0.25) is 0 Å². The molecule has 0 aliphatic heterocycles. The van der Waals surface area contributed by atoms with E-state index in [1.54, 1.807) is 18.3 Å². The predicted octanol–water partition coefficient (Wildman–Crippen LogP) is 3.34. The molecule has 2 aromatic heterocycles. The normalized spacial score (nSPS) is 15.2. The van der Waals surface area contributed by atoms with Gasteiger partial charge in [0.1, 0.15) is 6.54 Å². The molecule has 0 bridgehead atoms. The summed E-state index contributed by atoms with van der Waals surface area (Å²) in [6.07, 6.45) is 9.80. The van der Waals surface area contributed by atoms with Gasteiger partial charge < -0.3 is 14.5 Å². The van der Waals surface area contributed by atoms with Crippen LogP contribution in [-0.2, 0) is 11.3 Å². The molecule has 0 atom stereocenters. The minimum atomic E-state index is -0.232. The number of pyridine rings is 1. The number of carbonyl (C=O) groups excluding carboxylic acids is 1. The lowest BCUT2D eigenvalue weighted by atomic mass is 9.95. The molecule has 1 saturated carbocycles. The van der Waals surface area contributed by atoms with Gasteiger partial charge in [-0.25, -0.2) is 4.98 Å². The Morgan fingerprint density at radius 1 is 1.15 bits per heavy atom. The number of rotatable bonds is 4. The summed E-state index contributed by atoms with van der Waals surface area (Å²) in [4.78, 5) is 28.4. The Hall–Kier alpha value is -2.89. The van der Waals surface area contributed by atoms with Crippen molar-refractivity contribution in [1.82, 2.24) is 14.1 Å². The van der Waals surface area contributed by atoms with Crippen LogP contribution in [0.5, 0.6) is 0 Å². The van der Waals surface area contributed by atoms with E-state index in [1.165, 1.54) is 42.7 Å². The first-order chi connectivity index (χ1) is 12.7. The average molecular weight is 350 g/mol. The van der Waals surface area contributed by atoms with Crippen molar-refractivity contribution in [3.63, 3.8) is 0 Å². The highest BCUT2D eigenvalue weighted by Gasteiger charge is 2.17. The van der Waals surface area contributed by atoms with E-state index in [0.717, 1.165) is 11.0 Å². The molecule has 0 saturated heterocycles. The van der Waals surface area contributed by atoms with E-state index < -0.39 is 0 Å². The predicted molar refractivity (Wildman–Crippen MR) is 101 cm³/mol. The molecule has 0 spiro atoms. The van der Waals surface area contributed by atoms with Gasteiger partial charge in [-0.15, -0.1) is 0 Å². The summed E-state index contributed by atoms with van der Waals surface area (Å²) in [6, 6.07) is 11.2. The Morgan fingerprint density at radius 2 is 2.00 bits per heavy atom. The van der Waals surface area contributed by atoms with Gasteiger partial charge in [-0.2, -0.15) is 0 Å². The third-order valence-electron chi connectivity index (χ3n) is 5.04. The van der Waals surface area contributed by atoms with E-state index in [2.05, 4.69) is 14.9 Å². The zero-order valence-electron chi connectivity index (χ0n) is 14.6. The molecule has 2 heterocycles. The van der Waals surface area contributed by atoms with Gasteiger partial charge >= 0.3 is 0 Å². The molecule has 1 N–H and O–H groups in total. The van der Waals surface area contributed by atoms with E-state index in [9.17, 15) is 9.59 Å². The number of nitrogens with one attached hydrogen (secondary N) is 1. The van der Waals surface area contributed by atoms with Crippen molar-refractivity contribution in [2.45, 2.75) is 44.7 Å². The average Bonchev–Trinajstić information content (AvgIpc) is 3.07. The third-order valence-corrected chi connectivity index (χ3v) is 5.04. The van der Waals surface area contributed by atoms with E-state index in [4.69, 9.17) is 0 Å². The molecule has 0 radical (unpaired) electrons. The Labute approximate surface area is 151 Å². The van der Waals surface area contributed by atoms with E-state index in [-0.39, 0.29) is 18.0 Å². The second-order valence-corrected chi connectivity index (χ2v) is 6.86. The number of nitrogens with zero attached hydrogens (tertiary/aromatic N) is 3. The zero-order valence-corrected chi connectivity index (χ0v) is 14.6. The second-order valence-electron chi connectivity index (χ2n) is 6.86. The van der Waals surface area contributed by atoms with Gasteiger partial charge in [0, 0.05) is 24.0 Å². The van der Waals surface area contributed by atoms with E-state index in [0.29, 0.717) is 11.7 Å². The fourth-order valence-electron chi connectivity index (χ4n) is 3.71. The van der Waals surface area contributed by atoms with Crippen molar-refractivity contribution < 1.29 is 4.79 Å². The Balaban J connectivity index is 1.50. The molecule has 4 rings (SSSR count). The number of carbonyl (C=O) groups is 1. The number of imidazole rings is 1. The van der Waals surface area contributed by atoms with Gasteiger partial charge in [-0.3, -0.25) is 9.59 Å². The molecule has 1 aromatic carbocycles. The maximum absolute atomic E-state index is 12.2. The fourth-order valence-corrected chi connectivity index (χ4v) is 3.71. The van der Waals surface area contributed by atoms with Crippen LogP contribution in [0.3, 0.4) is 0 Å². The van der Waals surface area contributed by atoms with Crippen LogP contribution in [-0.4, -0.2) is 20.0 Å². The summed E-state index contributed by atoms with van der Waals surface area (Å²) in [6.45, 7) is -0.00573. The van der Waals surface area contributed by atoms with Crippen LogP contribution in [0.1, 0.15) is 38.1 Å². The number of hydrogen-bond donors (Lipinski definition) is 1. The van der Waals surface area contributed by atoms with Crippen LogP contribution in [0.15, 0.2) is 53.7 Å². The van der Waals surface area contributed by atoms with Crippen molar-refractivity contribution in [1.29, 1.82) is 0 Å². The van der Waals surface area contributed by atoms with Crippen molar-refractivity contribution in [2.24, 2.45) is 0 Å². The van der Waals surface area contributed by atoms with Crippen LogP contribution < -0.4 is 10.9 Å². The Morgan fingerprint density at radius 3 is 2.81 bits per heavy atom. The first-order valence-electron chi connectivity index (χ1n) is 9.12. The van der Waals surface area contributed by atoms with Gasteiger partial charge in [0.2, 0.25) is 5.91 Å². The SMILES string of the molecule is O=C(Cn1ccccc1=O)Nc1ccc2c(c1)ncn2C1CCCCC1. The van der Waals surface area contributed by atoms with Crippen LogP contribution >= 0.6 is 0 Å². The molecule has 6 heteroatoms. The zero-order chi connectivity index (χ0) is 17.9. The number of anilines is 1. The molecule has 1 fully saturated rings. The van der Waals surface area contributed by atoms with Crippen LogP contribution in [0.25, 0.3) is 11.0 Å². The molecule has 0 unspecified atom stereocenters. The highest BCUT2D eigenvalue weighted by Crippen LogP contribution is 2.31. The molecule has 1 aliphatic carbocycles. The number of aromatic nitrogens is 3. The van der Waals surface area contributed by atoms with Crippen molar-refractivity contribution in [2.75, 3.05) is 5.32 Å². The van der Waals surface area contributed by atoms with E-state index >= 15 is 0 Å². The smallest absolute Gasteiger partial charge is 0.250 e. The van der Waals surface area contributed by atoms with Crippen molar-refractivity contribution in [3.8, 4) is 0 Å². The summed E-state index contributed by atoms with van der Waals surface area (Å²) in [5, 5.41) is 2.85. The summed E-state index contributed by atoms with van der Waals surface area (Å²) >= 11 is 0. The van der Waals surface area contributed by atoms with Gasteiger partial charge in [0.05, 0.1) is 17.4 Å². The molecule has 26 heavy (non-hydrogen) atoms. The lowest BCUT2D eigenvalue weighted by Crippen LogP contribution is -2.26. The minimum Gasteiger partial charge on any atom is -0.327 e. The maximum Gasteiger partial charge on any atom is 0.250 e. The van der Waals surface area contributed by atoms with Gasteiger partial charge in [-0.1, -0.05) is 25.3 Å². The molecule has 1 aliphatic rings. The Kier molecular flexibility index (Phi) is 4.56. The standard InChI is InChI=1S/C20H22N4O2/c25-19(13-23-11-5-4-8-20(23)26)22-15-9-10-18-17(12-15)21-14-24(18)16-6-2-1-3-7-16/h4-5,8-12,14,16H,1-3,6-7,13H2,(H,22,25). The summed E-state index contributed by atoms with van der Waals surface area (Å²) < 4.78 is 3.65. The summed E-state index contributed by atoms with van der Waals surface area (Å²) in [5.74, 6) is -0.232. The van der Waals surface area contributed by atoms with Gasteiger partial charge in [0.25, 0.3) is 5.56 Å². The second kappa shape index (κ2) is 7.15. The largest absolute Gasteiger partial charge is 0.327 e. The molecular weight excluding hydrogens is 328 g/mol. The number of hydrogen-bond acceptors (Lipinski definition) is 3. The highest BCUT2D eigenvalue weighted by molar-refractivity contribution is 5.93.